The van der Waals surface area contributed by atoms with Crippen LogP contribution in [0.25, 0.3) is 0 Å². The largest absolute Gasteiger partial charge is 0.476 e. The molecule has 20 heavy (non-hydrogen) atoms. The van der Waals surface area contributed by atoms with E-state index in [9.17, 15) is 14.9 Å². The maximum absolute atomic E-state index is 11.0. The first-order chi connectivity index (χ1) is 9.49. The maximum Gasteiger partial charge on any atom is 0.358 e. The Morgan fingerprint density at radius 2 is 2.10 bits per heavy atom. The molecule has 1 N–H and O–H groups in total. The molecule has 1 heterocycles. The number of nitro benzene ring substituents is 1. The number of aromatic carboxylic acids is 1. The molecule has 0 amide bonds. The van der Waals surface area contributed by atoms with Gasteiger partial charge in [0.2, 0.25) is 5.75 Å². The number of rotatable bonds is 4. The average Bonchev–Trinajstić information content (AvgIpc) is 2.38. The number of pyridine rings is 1. The zero-order valence-electron chi connectivity index (χ0n) is 9.82. The van der Waals surface area contributed by atoms with Crippen molar-refractivity contribution in [3.8, 4) is 11.5 Å². The predicted molar refractivity (Wildman–Crippen MR) is 72.1 cm³/mol. The van der Waals surface area contributed by atoms with Crippen molar-refractivity contribution in [2.75, 3.05) is 0 Å². The molecule has 2 rings (SSSR count). The molecule has 0 atom stereocenters. The van der Waals surface area contributed by atoms with Gasteiger partial charge in [0.05, 0.1) is 4.92 Å². The lowest BCUT2D eigenvalue weighted by Crippen LogP contribution is -2.03. The number of carboxylic acids is 1. The van der Waals surface area contributed by atoms with E-state index in [4.69, 9.17) is 9.84 Å². The summed E-state index contributed by atoms with van der Waals surface area (Å²) in [6.07, 6.45) is 1.30. The first kappa shape index (κ1) is 13.9. The van der Waals surface area contributed by atoms with Crippen LogP contribution in [0.3, 0.4) is 0 Å². The van der Waals surface area contributed by atoms with Crippen molar-refractivity contribution >= 4 is 27.6 Å². The molecule has 0 bridgehead atoms. The van der Waals surface area contributed by atoms with E-state index in [0.717, 1.165) is 0 Å². The highest BCUT2D eigenvalue weighted by Gasteiger charge is 2.19. The second-order valence-corrected chi connectivity index (χ2v) is 4.54. The smallest absolute Gasteiger partial charge is 0.358 e. The zero-order valence-corrected chi connectivity index (χ0v) is 11.4. The molecular formula is C12H7BrN2O5. The number of benzene rings is 1. The summed E-state index contributed by atoms with van der Waals surface area (Å²) in [6.45, 7) is 0. The van der Waals surface area contributed by atoms with Gasteiger partial charge in [0.25, 0.3) is 0 Å². The van der Waals surface area contributed by atoms with Gasteiger partial charge in [-0.15, -0.1) is 0 Å². The van der Waals surface area contributed by atoms with Crippen molar-refractivity contribution in [2.24, 2.45) is 0 Å². The third-order valence-corrected chi connectivity index (χ3v) is 2.80. The summed E-state index contributed by atoms with van der Waals surface area (Å²) in [5.74, 6) is -1.42. The van der Waals surface area contributed by atoms with Crippen molar-refractivity contribution < 1.29 is 19.6 Å². The second-order valence-electron chi connectivity index (χ2n) is 3.63. The Labute approximate surface area is 121 Å². The normalized spacial score (nSPS) is 10.1. The van der Waals surface area contributed by atoms with E-state index in [2.05, 4.69) is 20.9 Å². The van der Waals surface area contributed by atoms with E-state index < -0.39 is 10.9 Å². The number of nitrogens with zero attached hydrogens (tertiary/aromatic N) is 2. The molecule has 0 aliphatic carbocycles. The van der Waals surface area contributed by atoms with E-state index in [1.165, 1.54) is 36.5 Å². The van der Waals surface area contributed by atoms with Gasteiger partial charge in [-0.05, 0) is 18.2 Å². The lowest BCUT2D eigenvalue weighted by molar-refractivity contribution is -0.385. The summed E-state index contributed by atoms with van der Waals surface area (Å²) in [5, 5.41) is 19.9. The lowest BCUT2D eigenvalue weighted by Gasteiger charge is -2.08. The Morgan fingerprint density at radius 3 is 2.75 bits per heavy atom. The van der Waals surface area contributed by atoms with Crippen LogP contribution < -0.4 is 4.74 Å². The first-order valence-electron chi connectivity index (χ1n) is 5.29. The molecule has 8 heteroatoms. The van der Waals surface area contributed by atoms with E-state index in [0.29, 0.717) is 4.47 Å². The fourth-order valence-corrected chi connectivity index (χ4v) is 1.81. The number of aromatic nitrogens is 1. The topological polar surface area (TPSA) is 103 Å². The summed E-state index contributed by atoms with van der Waals surface area (Å²) in [5.41, 5.74) is -0.588. The van der Waals surface area contributed by atoms with Crippen molar-refractivity contribution in [1.82, 2.24) is 4.98 Å². The number of hydrogen-bond acceptors (Lipinski definition) is 5. The van der Waals surface area contributed by atoms with Crippen molar-refractivity contribution in [3.63, 3.8) is 0 Å². The van der Waals surface area contributed by atoms with Gasteiger partial charge in [-0.1, -0.05) is 15.9 Å². The Bertz CT molecular complexity index is 689. The maximum atomic E-state index is 11.0. The highest BCUT2D eigenvalue weighted by atomic mass is 79.9. The second kappa shape index (κ2) is 5.66. The Morgan fingerprint density at radius 1 is 1.35 bits per heavy atom. The molecule has 1 aromatic carbocycles. The third kappa shape index (κ3) is 2.91. The zero-order chi connectivity index (χ0) is 14.7. The van der Waals surface area contributed by atoms with Crippen LogP contribution in [0, 0.1) is 10.1 Å². The third-order valence-electron chi connectivity index (χ3n) is 2.31. The molecule has 0 saturated carbocycles. The number of carbonyl (C=O) groups is 1. The molecule has 2 aromatic rings. The molecule has 0 aliphatic heterocycles. The van der Waals surface area contributed by atoms with Crippen molar-refractivity contribution in [1.29, 1.82) is 0 Å². The molecular weight excluding hydrogens is 332 g/mol. The summed E-state index contributed by atoms with van der Waals surface area (Å²) in [6, 6.07) is 6.99. The monoisotopic (exact) mass is 338 g/mol. The Kier molecular flexibility index (Phi) is 3.94. The summed E-state index contributed by atoms with van der Waals surface area (Å²) in [4.78, 5) is 25.0. The minimum atomic E-state index is -1.28. The van der Waals surface area contributed by atoms with Gasteiger partial charge >= 0.3 is 11.7 Å². The van der Waals surface area contributed by atoms with E-state index in [1.54, 1.807) is 0 Å². The van der Waals surface area contributed by atoms with Gasteiger partial charge in [-0.3, -0.25) is 10.1 Å². The SMILES string of the molecule is O=C(O)c1ncccc1Oc1cc(Br)ccc1[N+](=O)[O-]. The van der Waals surface area contributed by atoms with Crippen LogP contribution in [-0.2, 0) is 0 Å². The van der Waals surface area contributed by atoms with Crippen LogP contribution in [0.1, 0.15) is 10.5 Å². The molecule has 7 nitrogen and oxygen atoms in total. The number of halogens is 1. The number of hydrogen-bond donors (Lipinski definition) is 1. The highest BCUT2D eigenvalue weighted by Crippen LogP contribution is 2.34. The standard InChI is InChI=1S/C12H7BrN2O5/c13-7-3-4-8(15(18)19)10(6-7)20-9-2-1-5-14-11(9)12(16)17/h1-6H,(H,16,17). The van der Waals surface area contributed by atoms with Crippen LogP contribution in [0.2, 0.25) is 0 Å². The van der Waals surface area contributed by atoms with E-state index >= 15 is 0 Å². The van der Waals surface area contributed by atoms with E-state index in [1.807, 2.05) is 0 Å². The molecule has 0 fully saturated rings. The number of ether oxygens (including phenoxy) is 1. The van der Waals surface area contributed by atoms with Gasteiger partial charge < -0.3 is 9.84 Å². The summed E-state index contributed by atoms with van der Waals surface area (Å²) in [7, 11) is 0. The molecule has 1 aromatic heterocycles. The lowest BCUT2D eigenvalue weighted by atomic mass is 10.3. The molecule has 0 unspecified atom stereocenters. The van der Waals surface area contributed by atoms with Crippen LogP contribution in [0.4, 0.5) is 5.69 Å². The first-order valence-corrected chi connectivity index (χ1v) is 6.08. The van der Waals surface area contributed by atoms with Crippen LogP contribution >= 0.6 is 15.9 Å². The van der Waals surface area contributed by atoms with Gasteiger partial charge in [-0.2, -0.15) is 0 Å². The minimum absolute atomic E-state index is 0.0683. The van der Waals surface area contributed by atoms with Crippen molar-refractivity contribution in [3.05, 3.63) is 56.8 Å². The van der Waals surface area contributed by atoms with Crippen molar-refractivity contribution in [2.45, 2.75) is 0 Å². The average molecular weight is 339 g/mol. The molecule has 0 radical (unpaired) electrons. The number of carboxylic acid groups (broad SMARTS) is 1. The fourth-order valence-electron chi connectivity index (χ4n) is 1.47. The van der Waals surface area contributed by atoms with Gasteiger partial charge in [0.15, 0.2) is 11.4 Å². The van der Waals surface area contributed by atoms with Crippen LogP contribution in [0.15, 0.2) is 41.0 Å². The van der Waals surface area contributed by atoms with Gasteiger partial charge in [-0.25, -0.2) is 9.78 Å². The Hall–Kier alpha value is -2.48. The minimum Gasteiger partial charge on any atom is -0.476 e. The summed E-state index contributed by atoms with van der Waals surface area (Å²) < 4.78 is 5.90. The van der Waals surface area contributed by atoms with Gasteiger partial charge in [0, 0.05) is 22.8 Å². The highest BCUT2D eigenvalue weighted by molar-refractivity contribution is 9.10. The molecule has 0 spiro atoms. The quantitative estimate of drug-likeness (QED) is 0.678. The van der Waals surface area contributed by atoms with Crippen LogP contribution in [0.5, 0.6) is 11.5 Å². The number of nitro groups is 1. The van der Waals surface area contributed by atoms with Gasteiger partial charge in [0.1, 0.15) is 0 Å². The molecule has 102 valence electrons. The van der Waals surface area contributed by atoms with Crippen LogP contribution in [-0.4, -0.2) is 21.0 Å². The fraction of sp³-hybridized carbons (Fsp3) is 0. The summed E-state index contributed by atoms with van der Waals surface area (Å²) >= 11 is 3.17. The molecule has 0 aliphatic rings. The Balaban J connectivity index is 2.47. The predicted octanol–water partition coefficient (Wildman–Crippen LogP) is 3.24. The van der Waals surface area contributed by atoms with E-state index in [-0.39, 0.29) is 22.9 Å². The molecule has 0 saturated heterocycles.